The molecule has 35 heavy (non-hydrogen) atoms. The van der Waals surface area contributed by atoms with E-state index in [1.807, 2.05) is 35.6 Å². The van der Waals surface area contributed by atoms with E-state index < -0.39 is 0 Å². The second-order valence-corrected chi connectivity index (χ2v) is 9.21. The number of aromatic nitrogens is 4. The Balaban J connectivity index is 1.34. The van der Waals surface area contributed by atoms with Gasteiger partial charge in [-0.1, -0.05) is 36.0 Å². The predicted molar refractivity (Wildman–Crippen MR) is 133 cm³/mol. The molecular formula is C25H25N5O4S. The van der Waals surface area contributed by atoms with Crippen molar-refractivity contribution in [3.63, 3.8) is 0 Å². The van der Waals surface area contributed by atoms with Gasteiger partial charge in [-0.3, -0.25) is 28.3 Å². The molecule has 2 amide bonds. The Morgan fingerprint density at radius 3 is 2.34 bits per heavy atom. The summed E-state index contributed by atoms with van der Waals surface area (Å²) in [7, 11) is 0. The number of fused-ring (bicyclic) bond motifs is 4. The van der Waals surface area contributed by atoms with Crippen molar-refractivity contribution in [3.8, 4) is 0 Å². The largest absolute Gasteiger partial charge is 0.382 e. The zero-order valence-corrected chi connectivity index (χ0v) is 20.2. The monoisotopic (exact) mass is 491 g/mol. The molecule has 0 saturated heterocycles. The first-order valence-electron chi connectivity index (χ1n) is 11.6. The van der Waals surface area contributed by atoms with E-state index in [0.717, 1.165) is 5.52 Å². The van der Waals surface area contributed by atoms with Gasteiger partial charge in [-0.05, 0) is 44.0 Å². The van der Waals surface area contributed by atoms with Crippen LogP contribution in [0.25, 0.3) is 16.7 Å². The lowest BCUT2D eigenvalue weighted by molar-refractivity contribution is 0.0655. The summed E-state index contributed by atoms with van der Waals surface area (Å²) >= 11 is 1.49. The van der Waals surface area contributed by atoms with Crippen LogP contribution in [0.3, 0.4) is 0 Å². The molecule has 0 unspecified atom stereocenters. The minimum atomic E-state index is -0.245. The van der Waals surface area contributed by atoms with Crippen LogP contribution < -0.4 is 5.56 Å². The van der Waals surface area contributed by atoms with Crippen LogP contribution in [-0.4, -0.2) is 61.4 Å². The number of hydrogen-bond donors (Lipinski definition) is 0. The molecule has 0 saturated carbocycles. The van der Waals surface area contributed by atoms with Crippen LogP contribution in [-0.2, 0) is 11.3 Å². The number of nitrogens with zero attached hydrogens (tertiary/aromatic N) is 5. The maximum atomic E-state index is 13.1. The highest BCUT2D eigenvalue weighted by atomic mass is 32.2. The number of ether oxygens (including phenoxy) is 1. The normalized spacial score (nSPS) is 13.3. The number of imide groups is 1. The third-order valence-corrected chi connectivity index (χ3v) is 7.00. The second kappa shape index (κ2) is 10.0. The Morgan fingerprint density at radius 1 is 0.886 bits per heavy atom. The van der Waals surface area contributed by atoms with E-state index >= 15 is 0 Å². The molecule has 0 radical (unpaired) electrons. The second-order valence-electron chi connectivity index (χ2n) is 8.15. The number of hydrogen-bond acceptors (Lipinski definition) is 7. The number of benzene rings is 2. The average Bonchev–Trinajstić information content (AvgIpc) is 3.41. The Bertz CT molecular complexity index is 1440. The fourth-order valence-corrected chi connectivity index (χ4v) is 5.19. The lowest BCUT2D eigenvalue weighted by Crippen LogP contribution is -2.31. The van der Waals surface area contributed by atoms with Crippen molar-refractivity contribution in [2.24, 2.45) is 0 Å². The van der Waals surface area contributed by atoms with Gasteiger partial charge in [-0.2, -0.15) is 0 Å². The molecule has 0 aliphatic carbocycles. The van der Waals surface area contributed by atoms with Crippen molar-refractivity contribution in [1.82, 2.24) is 24.1 Å². The summed E-state index contributed by atoms with van der Waals surface area (Å²) in [6.07, 6.45) is 1.30. The predicted octanol–water partition coefficient (Wildman–Crippen LogP) is 3.25. The fraction of sp³-hybridized carbons (Fsp3) is 0.320. The van der Waals surface area contributed by atoms with Gasteiger partial charge in [0.2, 0.25) is 5.78 Å². The maximum absolute atomic E-state index is 13.1. The molecule has 0 bridgehead atoms. The van der Waals surface area contributed by atoms with E-state index in [4.69, 9.17) is 4.74 Å². The average molecular weight is 492 g/mol. The molecule has 9 nitrogen and oxygen atoms in total. The number of rotatable bonds is 10. The van der Waals surface area contributed by atoms with E-state index in [9.17, 15) is 14.4 Å². The van der Waals surface area contributed by atoms with E-state index in [2.05, 4.69) is 10.2 Å². The van der Waals surface area contributed by atoms with Crippen LogP contribution in [0.4, 0.5) is 0 Å². The molecule has 10 heteroatoms. The minimum absolute atomic E-state index is 0.0980. The van der Waals surface area contributed by atoms with Gasteiger partial charge in [-0.25, -0.2) is 0 Å². The summed E-state index contributed by atoms with van der Waals surface area (Å²) in [4.78, 5) is 39.6. The van der Waals surface area contributed by atoms with Crippen molar-refractivity contribution < 1.29 is 14.3 Å². The number of amides is 2. The van der Waals surface area contributed by atoms with Gasteiger partial charge < -0.3 is 4.74 Å². The molecule has 0 fully saturated rings. The lowest BCUT2D eigenvalue weighted by Gasteiger charge is -2.13. The molecule has 3 heterocycles. The number of carbonyl (C=O) groups is 2. The van der Waals surface area contributed by atoms with E-state index in [1.54, 1.807) is 28.8 Å². The standard InChI is InChI=1S/C25H25N5O4S/c1-2-34-15-7-13-29-23(33)19-11-5-6-12-20(19)30-24(29)26-27-25(30)35-16-8-14-28-21(31)17-9-3-4-10-18(17)22(28)32/h3-6,9-12H,2,7-8,13-16H2,1H3. The Labute approximate surface area is 205 Å². The van der Waals surface area contributed by atoms with Crippen molar-refractivity contribution in [3.05, 3.63) is 70.0 Å². The zero-order valence-electron chi connectivity index (χ0n) is 19.3. The van der Waals surface area contributed by atoms with Crippen LogP contribution in [0.15, 0.2) is 58.5 Å². The molecule has 2 aromatic heterocycles. The third-order valence-electron chi connectivity index (χ3n) is 5.99. The molecule has 0 spiro atoms. The number of para-hydroxylation sites is 1. The molecule has 1 aliphatic rings. The summed E-state index contributed by atoms with van der Waals surface area (Å²) in [6.45, 7) is 3.95. The summed E-state index contributed by atoms with van der Waals surface area (Å²) < 4.78 is 8.99. The van der Waals surface area contributed by atoms with Gasteiger partial charge in [0.05, 0.1) is 22.0 Å². The molecule has 5 rings (SSSR count). The van der Waals surface area contributed by atoms with Crippen LogP contribution >= 0.6 is 11.8 Å². The highest BCUT2D eigenvalue weighted by Gasteiger charge is 2.34. The molecule has 4 aromatic rings. The highest BCUT2D eigenvalue weighted by molar-refractivity contribution is 7.99. The molecule has 180 valence electrons. The van der Waals surface area contributed by atoms with Crippen LogP contribution in [0, 0.1) is 0 Å². The maximum Gasteiger partial charge on any atom is 0.262 e. The summed E-state index contributed by atoms with van der Waals surface area (Å²) in [5.41, 5.74) is 1.57. The smallest absolute Gasteiger partial charge is 0.262 e. The zero-order chi connectivity index (χ0) is 24.4. The van der Waals surface area contributed by atoms with Crippen molar-refractivity contribution >= 4 is 40.3 Å². The Hall–Kier alpha value is -3.50. The van der Waals surface area contributed by atoms with Crippen LogP contribution in [0.2, 0.25) is 0 Å². The van der Waals surface area contributed by atoms with Crippen LogP contribution in [0.5, 0.6) is 0 Å². The molecule has 0 N–H and O–H groups in total. The summed E-state index contributed by atoms with van der Waals surface area (Å²) in [6, 6.07) is 14.3. The first kappa shape index (κ1) is 23.3. The first-order valence-corrected chi connectivity index (χ1v) is 12.6. The SMILES string of the molecule is CCOCCCn1c(=O)c2ccccc2n2c(SCCCN3C(=O)c4ccccc4C3=O)nnc12. The van der Waals surface area contributed by atoms with Gasteiger partial charge in [-0.15, -0.1) is 10.2 Å². The summed E-state index contributed by atoms with van der Waals surface area (Å²) in [5.74, 6) is 0.635. The number of aryl methyl sites for hydroxylation is 1. The van der Waals surface area contributed by atoms with Gasteiger partial charge >= 0.3 is 0 Å². The molecule has 2 aromatic carbocycles. The van der Waals surface area contributed by atoms with E-state index in [1.165, 1.54) is 16.7 Å². The van der Waals surface area contributed by atoms with E-state index in [-0.39, 0.29) is 17.4 Å². The van der Waals surface area contributed by atoms with Crippen LogP contribution in [0.1, 0.15) is 40.5 Å². The number of carbonyl (C=O) groups excluding carboxylic acids is 2. The third kappa shape index (κ3) is 4.23. The number of thioether (sulfide) groups is 1. The van der Waals surface area contributed by atoms with Crippen molar-refractivity contribution in [2.75, 3.05) is 25.5 Å². The highest BCUT2D eigenvalue weighted by Crippen LogP contribution is 2.25. The van der Waals surface area contributed by atoms with Gasteiger partial charge in [0.25, 0.3) is 17.4 Å². The summed E-state index contributed by atoms with van der Waals surface area (Å²) in [5, 5.41) is 9.96. The molecule has 0 atom stereocenters. The lowest BCUT2D eigenvalue weighted by atomic mass is 10.1. The first-order chi connectivity index (χ1) is 17.1. The van der Waals surface area contributed by atoms with Gasteiger partial charge in [0, 0.05) is 32.1 Å². The Morgan fingerprint density at radius 2 is 1.60 bits per heavy atom. The van der Waals surface area contributed by atoms with Gasteiger partial charge in [0.15, 0.2) is 5.16 Å². The Kier molecular flexibility index (Phi) is 6.65. The van der Waals surface area contributed by atoms with Crippen molar-refractivity contribution in [1.29, 1.82) is 0 Å². The molecular weight excluding hydrogens is 466 g/mol. The van der Waals surface area contributed by atoms with Crippen molar-refractivity contribution in [2.45, 2.75) is 31.5 Å². The minimum Gasteiger partial charge on any atom is -0.382 e. The van der Waals surface area contributed by atoms with E-state index in [0.29, 0.717) is 72.3 Å². The van der Waals surface area contributed by atoms with Gasteiger partial charge in [0.1, 0.15) is 0 Å². The molecule has 1 aliphatic heterocycles. The topological polar surface area (TPSA) is 98.8 Å². The quantitative estimate of drug-likeness (QED) is 0.191. The fourth-order valence-electron chi connectivity index (χ4n) is 4.33.